The lowest BCUT2D eigenvalue weighted by Crippen LogP contribution is -2.49. The average molecular weight is 435 g/mol. The molecule has 0 fully saturated rings. The first-order valence-electron chi connectivity index (χ1n) is 9.88. The fourth-order valence-electron chi connectivity index (χ4n) is 3.70. The van der Waals surface area contributed by atoms with Crippen LogP contribution in [0.15, 0.2) is 70.1 Å². The van der Waals surface area contributed by atoms with Gasteiger partial charge >= 0.3 is 5.63 Å². The Hall–Kier alpha value is -3.38. The molecule has 5 rings (SSSR count). The van der Waals surface area contributed by atoms with E-state index in [1.165, 1.54) is 12.4 Å². The maximum Gasteiger partial charge on any atom is 0.336 e. The molecule has 0 amide bonds. The van der Waals surface area contributed by atoms with Crippen molar-refractivity contribution in [2.24, 2.45) is 0 Å². The highest BCUT2D eigenvalue weighted by atomic mass is 35.5. The maximum atomic E-state index is 11.5. The quantitative estimate of drug-likeness (QED) is 0.419. The Morgan fingerprint density at radius 1 is 1.06 bits per heavy atom. The lowest BCUT2D eigenvalue weighted by molar-refractivity contribution is -0.0287. The summed E-state index contributed by atoms with van der Waals surface area (Å²) in [5.41, 5.74) is 2.15. The Labute approximate surface area is 183 Å². The van der Waals surface area contributed by atoms with Gasteiger partial charge in [-0.1, -0.05) is 23.7 Å². The number of fused-ring (bicyclic) bond motifs is 2. The first kappa shape index (κ1) is 19.6. The molecule has 7 heteroatoms. The third-order valence-electron chi connectivity index (χ3n) is 5.40. The predicted octanol–water partition coefficient (Wildman–Crippen LogP) is 5.06. The number of rotatable bonds is 3. The molecule has 3 heterocycles. The number of nitrogens with zero attached hydrogens (tertiary/aromatic N) is 2. The molecule has 0 saturated heterocycles. The van der Waals surface area contributed by atoms with E-state index in [0.717, 1.165) is 22.2 Å². The smallest absolute Gasteiger partial charge is 0.336 e. The fraction of sp³-hybridized carbons (Fsp3) is 0.208. The zero-order chi connectivity index (χ0) is 21.6. The number of hydrogen-bond donors (Lipinski definition) is 0. The van der Waals surface area contributed by atoms with E-state index in [0.29, 0.717) is 28.7 Å². The molecule has 4 aromatic rings. The summed E-state index contributed by atoms with van der Waals surface area (Å²) in [6.07, 6.45) is 1.83. The minimum atomic E-state index is -0.624. The summed E-state index contributed by atoms with van der Waals surface area (Å²) in [6, 6.07) is 16.2. The highest BCUT2D eigenvalue weighted by molar-refractivity contribution is 6.30. The summed E-state index contributed by atoms with van der Waals surface area (Å²) in [4.78, 5) is 20.2. The lowest BCUT2D eigenvalue weighted by atomic mass is 9.90. The van der Waals surface area contributed by atoms with Gasteiger partial charge in [-0.2, -0.15) is 0 Å². The van der Waals surface area contributed by atoms with Crippen LogP contribution >= 0.6 is 11.6 Å². The Balaban J connectivity index is 1.45. The van der Waals surface area contributed by atoms with Gasteiger partial charge in [0.2, 0.25) is 5.88 Å². The van der Waals surface area contributed by atoms with Crippen molar-refractivity contribution in [2.45, 2.75) is 32.0 Å². The molecule has 1 atom stereocenters. The monoisotopic (exact) mass is 434 g/mol. The summed E-state index contributed by atoms with van der Waals surface area (Å²) < 4.78 is 17.8. The standard InChI is InChI=1S/C24H19ClN2O4/c1-24(2)21(10-16-9-15-5-8-23(28)29-19(15)12-20(16)31-24)30-22-11-18(26-13-27-22)14-3-6-17(25)7-4-14/h3-9,11-13,21H,10H2,1-2H3. The summed E-state index contributed by atoms with van der Waals surface area (Å²) in [5, 5.41) is 1.51. The first-order chi connectivity index (χ1) is 14.9. The number of ether oxygens (including phenoxy) is 2. The van der Waals surface area contributed by atoms with E-state index >= 15 is 0 Å². The molecule has 1 unspecified atom stereocenters. The fourth-order valence-corrected chi connectivity index (χ4v) is 3.83. The Morgan fingerprint density at radius 2 is 1.87 bits per heavy atom. The van der Waals surface area contributed by atoms with Crippen LogP contribution < -0.4 is 15.1 Å². The van der Waals surface area contributed by atoms with Crippen LogP contribution in [-0.2, 0) is 6.42 Å². The normalized spacial score (nSPS) is 17.1. The molecule has 0 aliphatic carbocycles. The largest absolute Gasteiger partial charge is 0.484 e. The van der Waals surface area contributed by atoms with Crippen molar-refractivity contribution in [3.8, 4) is 22.9 Å². The van der Waals surface area contributed by atoms with Gasteiger partial charge in [0.25, 0.3) is 0 Å². The van der Waals surface area contributed by atoms with Crippen molar-refractivity contribution < 1.29 is 13.9 Å². The van der Waals surface area contributed by atoms with Crippen LogP contribution in [0.25, 0.3) is 22.2 Å². The van der Waals surface area contributed by atoms with Crippen molar-refractivity contribution in [3.63, 3.8) is 0 Å². The molecule has 2 aromatic heterocycles. The SMILES string of the molecule is CC1(C)Oc2cc3oc(=O)ccc3cc2CC1Oc1cc(-c2ccc(Cl)cc2)ncn1. The average Bonchev–Trinajstić information content (AvgIpc) is 2.73. The van der Waals surface area contributed by atoms with Crippen LogP contribution in [-0.4, -0.2) is 21.7 Å². The zero-order valence-electron chi connectivity index (χ0n) is 17.0. The van der Waals surface area contributed by atoms with Crippen molar-refractivity contribution >= 4 is 22.6 Å². The van der Waals surface area contributed by atoms with Crippen molar-refractivity contribution in [1.29, 1.82) is 0 Å². The van der Waals surface area contributed by atoms with Crippen LogP contribution in [0.5, 0.6) is 11.6 Å². The van der Waals surface area contributed by atoms with Crippen molar-refractivity contribution in [1.82, 2.24) is 9.97 Å². The van der Waals surface area contributed by atoms with Gasteiger partial charge in [0.15, 0.2) is 0 Å². The second-order valence-electron chi connectivity index (χ2n) is 8.02. The van der Waals surface area contributed by atoms with E-state index < -0.39 is 5.60 Å². The zero-order valence-corrected chi connectivity index (χ0v) is 17.7. The molecular formula is C24H19ClN2O4. The minimum Gasteiger partial charge on any atom is -0.484 e. The van der Waals surface area contributed by atoms with Gasteiger partial charge in [0.05, 0.1) is 5.69 Å². The second kappa shape index (κ2) is 7.39. The van der Waals surface area contributed by atoms with Crippen LogP contribution in [0.2, 0.25) is 5.02 Å². The molecular weight excluding hydrogens is 416 g/mol. The van der Waals surface area contributed by atoms with Gasteiger partial charge in [-0.3, -0.25) is 0 Å². The summed E-state index contributed by atoms with van der Waals surface area (Å²) in [6.45, 7) is 3.93. The molecule has 156 valence electrons. The molecule has 1 aliphatic rings. The minimum absolute atomic E-state index is 0.277. The van der Waals surface area contributed by atoms with E-state index in [9.17, 15) is 4.79 Å². The van der Waals surface area contributed by atoms with Crippen molar-refractivity contribution in [3.05, 3.63) is 81.9 Å². The number of benzene rings is 2. The van der Waals surface area contributed by atoms with E-state index in [1.807, 2.05) is 50.2 Å². The van der Waals surface area contributed by atoms with E-state index in [4.69, 9.17) is 25.5 Å². The van der Waals surface area contributed by atoms with Gasteiger partial charge in [-0.25, -0.2) is 14.8 Å². The molecule has 31 heavy (non-hydrogen) atoms. The van der Waals surface area contributed by atoms with Gasteiger partial charge < -0.3 is 13.9 Å². The highest BCUT2D eigenvalue weighted by Gasteiger charge is 2.39. The number of halogens is 1. The molecule has 0 saturated carbocycles. The van der Waals surface area contributed by atoms with Gasteiger partial charge in [-0.05, 0) is 43.7 Å². The van der Waals surface area contributed by atoms with E-state index in [-0.39, 0.29) is 11.7 Å². The molecule has 0 N–H and O–H groups in total. The molecule has 6 nitrogen and oxygen atoms in total. The molecule has 0 radical (unpaired) electrons. The predicted molar refractivity (Wildman–Crippen MR) is 118 cm³/mol. The maximum absolute atomic E-state index is 11.5. The summed E-state index contributed by atoms with van der Waals surface area (Å²) >= 11 is 5.98. The summed E-state index contributed by atoms with van der Waals surface area (Å²) in [5.74, 6) is 1.16. The van der Waals surface area contributed by atoms with Crippen LogP contribution in [0.1, 0.15) is 19.4 Å². The number of aromatic nitrogens is 2. The topological polar surface area (TPSA) is 74.5 Å². The third kappa shape index (κ3) is 3.86. The van der Waals surface area contributed by atoms with Crippen LogP contribution in [0, 0.1) is 0 Å². The highest BCUT2D eigenvalue weighted by Crippen LogP contribution is 2.37. The Morgan fingerprint density at radius 3 is 2.68 bits per heavy atom. The molecule has 0 spiro atoms. The van der Waals surface area contributed by atoms with Crippen LogP contribution in [0.4, 0.5) is 0 Å². The van der Waals surface area contributed by atoms with Crippen LogP contribution in [0.3, 0.4) is 0 Å². The van der Waals surface area contributed by atoms with Gasteiger partial charge in [0.1, 0.15) is 29.4 Å². The van der Waals surface area contributed by atoms with Gasteiger partial charge in [0, 0.05) is 40.6 Å². The third-order valence-corrected chi connectivity index (χ3v) is 5.65. The molecule has 2 aromatic carbocycles. The lowest BCUT2D eigenvalue weighted by Gasteiger charge is -2.39. The van der Waals surface area contributed by atoms with E-state index in [1.54, 1.807) is 12.1 Å². The van der Waals surface area contributed by atoms with Gasteiger partial charge in [-0.15, -0.1) is 0 Å². The number of hydrogen-bond acceptors (Lipinski definition) is 6. The summed E-state index contributed by atoms with van der Waals surface area (Å²) in [7, 11) is 0. The first-order valence-corrected chi connectivity index (χ1v) is 10.3. The Bertz CT molecular complexity index is 1330. The van der Waals surface area contributed by atoms with E-state index in [2.05, 4.69) is 9.97 Å². The van der Waals surface area contributed by atoms with Crippen molar-refractivity contribution in [2.75, 3.05) is 0 Å². The molecule has 1 aliphatic heterocycles. The molecule has 0 bridgehead atoms. The second-order valence-corrected chi connectivity index (χ2v) is 8.45. The Kier molecular flexibility index (Phi) is 4.67.